The number of carbonyl (C=O) groups is 4. The summed E-state index contributed by atoms with van der Waals surface area (Å²) in [6, 6.07) is 16.7. The molecule has 46 heavy (non-hydrogen) atoms. The van der Waals surface area contributed by atoms with Crippen LogP contribution < -0.4 is 10.6 Å². The van der Waals surface area contributed by atoms with Gasteiger partial charge in [-0.3, -0.25) is 4.79 Å². The summed E-state index contributed by atoms with van der Waals surface area (Å²) >= 11 is 0. The lowest BCUT2D eigenvalue weighted by Gasteiger charge is -2.28. The van der Waals surface area contributed by atoms with Crippen molar-refractivity contribution in [1.29, 1.82) is 0 Å². The number of carboxylic acids is 1. The second-order valence-electron chi connectivity index (χ2n) is 12.6. The van der Waals surface area contributed by atoms with Crippen LogP contribution in [0.3, 0.4) is 0 Å². The summed E-state index contributed by atoms with van der Waals surface area (Å²) in [5, 5.41) is 25.6. The van der Waals surface area contributed by atoms with Crippen LogP contribution in [0.15, 0.2) is 65.1 Å². The SMILES string of the molecule is CC(C)CC(NC(=O)OC(C)(C)C)C(=O)NC1CCCN(C(=O)OCc2ccccc2)CC1O.O=C(O)c1cc2ccccc2o1. The second kappa shape index (κ2) is 16.6. The van der Waals surface area contributed by atoms with E-state index in [-0.39, 0.29) is 30.7 Å². The number of aliphatic hydroxyl groups excluding tert-OH is 1. The number of hydrogen-bond acceptors (Lipinski definition) is 8. The number of carbonyl (C=O) groups excluding carboxylic acids is 3. The fourth-order valence-corrected chi connectivity index (χ4v) is 4.81. The number of furan rings is 1. The predicted octanol–water partition coefficient (Wildman–Crippen LogP) is 5.34. The van der Waals surface area contributed by atoms with E-state index >= 15 is 0 Å². The van der Waals surface area contributed by atoms with Gasteiger partial charge in [-0.05, 0) is 63.6 Å². The van der Waals surface area contributed by atoms with E-state index in [9.17, 15) is 24.3 Å². The number of fused-ring (bicyclic) bond motifs is 1. The lowest BCUT2D eigenvalue weighted by Crippen LogP contribution is -2.54. The van der Waals surface area contributed by atoms with Crippen LogP contribution in [-0.2, 0) is 20.9 Å². The average molecular weight is 640 g/mol. The lowest BCUT2D eigenvalue weighted by molar-refractivity contribution is -0.125. The molecule has 0 aliphatic carbocycles. The highest BCUT2D eigenvalue weighted by atomic mass is 16.6. The molecule has 3 atom stereocenters. The molecule has 0 spiro atoms. The van der Waals surface area contributed by atoms with Crippen LogP contribution in [0.1, 0.15) is 70.0 Å². The third-order valence-corrected chi connectivity index (χ3v) is 6.96. The number of amides is 3. The Bertz CT molecular complexity index is 1420. The number of nitrogens with one attached hydrogen (secondary N) is 2. The minimum Gasteiger partial charge on any atom is -0.475 e. The molecule has 2 aromatic carbocycles. The quantitative estimate of drug-likeness (QED) is 0.254. The smallest absolute Gasteiger partial charge is 0.410 e. The van der Waals surface area contributed by atoms with E-state index in [1.807, 2.05) is 56.3 Å². The molecule has 1 aliphatic heterocycles. The monoisotopic (exact) mass is 639 g/mol. The van der Waals surface area contributed by atoms with Crippen LogP contribution in [0.2, 0.25) is 0 Å². The average Bonchev–Trinajstić information content (AvgIpc) is 3.34. The molecule has 3 aromatic rings. The Kier molecular flexibility index (Phi) is 13.0. The van der Waals surface area contributed by atoms with Crippen LogP contribution in [0.25, 0.3) is 11.0 Å². The number of nitrogens with zero attached hydrogens (tertiary/aromatic N) is 1. The summed E-state index contributed by atoms with van der Waals surface area (Å²) in [5.74, 6) is -1.29. The van der Waals surface area contributed by atoms with E-state index in [0.717, 1.165) is 10.9 Å². The minimum absolute atomic E-state index is 0.0174. The number of carboxylic acid groups (broad SMARTS) is 1. The third kappa shape index (κ3) is 11.7. The zero-order valence-electron chi connectivity index (χ0n) is 27.0. The Balaban J connectivity index is 0.000000396. The summed E-state index contributed by atoms with van der Waals surface area (Å²) in [5.41, 5.74) is 0.805. The van der Waals surface area contributed by atoms with Crippen molar-refractivity contribution in [2.45, 2.75) is 84.3 Å². The zero-order valence-corrected chi connectivity index (χ0v) is 27.0. The number of aliphatic hydroxyl groups is 1. The fraction of sp³-hybridized carbons (Fsp3) is 0.471. The van der Waals surface area contributed by atoms with Gasteiger partial charge in [-0.15, -0.1) is 0 Å². The van der Waals surface area contributed by atoms with Gasteiger partial charge in [0.25, 0.3) is 0 Å². The van der Waals surface area contributed by atoms with E-state index in [0.29, 0.717) is 31.4 Å². The molecule has 1 aliphatic rings. The molecular weight excluding hydrogens is 594 g/mol. The number of ether oxygens (including phenoxy) is 2. The number of benzene rings is 2. The van der Waals surface area contributed by atoms with Crippen molar-refractivity contribution < 1.29 is 43.3 Å². The first-order valence-electron chi connectivity index (χ1n) is 15.4. The van der Waals surface area contributed by atoms with Gasteiger partial charge < -0.3 is 39.6 Å². The predicted molar refractivity (Wildman–Crippen MR) is 171 cm³/mol. The van der Waals surface area contributed by atoms with Crippen LogP contribution in [0.5, 0.6) is 0 Å². The second-order valence-corrected chi connectivity index (χ2v) is 12.6. The van der Waals surface area contributed by atoms with Gasteiger partial charge in [0.2, 0.25) is 11.7 Å². The molecule has 1 fully saturated rings. The molecule has 4 N–H and O–H groups in total. The maximum Gasteiger partial charge on any atom is 0.410 e. The minimum atomic E-state index is -1.04. The largest absolute Gasteiger partial charge is 0.475 e. The Morgan fingerprint density at radius 3 is 2.35 bits per heavy atom. The van der Waals surface area contributed by atoms with Gasteiger partial charge in [0.1, 0.15) is 23.8 Å². The maximum absolute atomic E-state index is 13.0. The van der Waals surface area contributed by atoms with Crippen molar-refractivity contribution in [3.05, 3.63) is 72.0 Å². The highest BCUT2D eigenvalue weighted by Crippen LogP contribution is 2.19. The number of hydrogen-bond donors (Lipinski definition) is 4. The van der Waals surface area contributed by atoms with Crippen molar-refractivity contribution >= 4 is 35.0 Å². The molecule has 250 valence electrons. The number of para-hydroxylation sites is 1. The van der Waals surface area contributed by atoms with Crippen LogP contribution in [0, 0.1) is 5.92 Å². The summed E-state index contributed by atoms with van der Waals surface area (Å²) in [6.45, 7) is 9.79. The summed E-state index contributed by atoms with van der Waals surface area (Å²) in [4.78, 5) is 49.7. The maximum atomic E-state index is 13.0. The number of aromatic carboxylic acids is 1. The molecule has 12 nitrogen and oxygen atoms in total. The number of rotatable bonds is 8. The van der Waals surface area contributed by atoms with Gasteiger partial charge in [-0.1, -0.05) is 62.4 Å². The molecule has 12 heteroatoms. The molecule has 1 aromatic heterocycles. The van der Waals surface area contributed by atoms with Crippen molar-refractivity contribution in [2.24, 2.45) is 5.92 Å². The Hall–Kier alpha value is -4.58. The number of alkyl carbamates (subject to hydrolysis) is 1. The van der Waals surface area contributed by atoms with E-state index in [2.05, 4.69) is 10.6 Å². The molecule has 4 rings (SSSR count). The van der Waals surface area contributed by atoms with E-state index in [1.165, 1.54) is 11.0 Å². The highest BCUT2D eigenvalue weighted by molar-refractivity contribution is 5.91. The van der Waals surface area contributed by atoms with E-state index in [1.54, 1.807) is 32.9 Å². The van der Waals surface area contributed by atoms with Gasteiger partial charge >= 0.3 is 18.2 Å². The summed E-state index contributed by atoms with van der Waals surface area (Å²) < 4.78 is 15.7. The van der Waals surface area contributed by atoms with Gasteiger partial charge in [-0.25, -0.2) is 14.4 Å². The Labute approximate surface area is 269 Å². The first kappa shape index (κ1) is 35.9. The van der Waals surface area contributed by atoms with E-state index < -0.39 is 41.9 Å². The van der Waals surface area contributed by atoms with Crippen molar-refractivity contribution in [2.75, 3.05) is 13.1 Å². The standard InChI is InChI=1S/C25H39N3O6.C9H6O3/c1-17(2)14-20(27-23(31)34-25(3,4)5)22(30)26-19-12-9-13-28(15-21(19)29)24(32)33-16-18-10-7-6-8-11-18;10-9(11)8-5-6-3-1-2-4-7(6)12-8/h6-8,10-11,17,19-21,29H,9,12-16H2,1-5H3,(H,26,30)(H,27,31);1-5H,(H,10,11). The van der Waals surface area contributed by atoms with E-state index in [4.69, 9.17) is 19.0 Å². The van der Waals surface area contributed by atoms with Gasteiger partial charge in [0.15, 0.2) is 0 Å². The molecule has 0 saturated carbocycles. The third-order valence-electron chi connectivity index (χ3n) is 6.96. The molecule has 1 saturated heterocycles. The first-order valence-corrected chi connectivity index (χ1v) is 15.4. The topological polar surface area (TPSA) is 168 Å². The van der Waals surface area contributed by atoms with Gasteiger partial charge in [-0.2, -0.15) is 0 Å². The zero-order chi connectivity index (χ0) is 33.9. The van der Waals surface area contributed by atoms with Crippen LogP contribution in [-0.4, -0.2) is 76.1 Å². The molecule has 3 amide bonds. The molecule has 0 radical (unpaired) electrons. The summed E-state index contributed by atoms with van der Waals surface area (Å²) in [6.07, 6.45) is -0.614. The van der Waals surface area contributed by atoms with Crippen molar-refractivity contribution in [3.8, 4) is 0 Å². The number of β-amino-alcohol motifs (C(OH)–C–C–N with tert-alkyl or cyclic N) is 1. The molecule has 3 unspecified atom stereocenters. The summed E-state index contributed by atoms with van der Waals surface area (Å²) in [7, 11) is 0. The Morgan fingerprint density at radius 2 is 1.72 bits per heavy atom. The van der Waals surface area contributed by atoms with Crippen LogP contribution in [0.4, 0.5) is 9.59 Å². The lowest BCUT2D eigenvalue weighted by atomic mass is 10.0. The normalized spacial score (nSPS) is 17.2. The molecular formula is C34H45N3O9. The fourth-order valence-electron chi connectivity index (χ4n) is 4.81. The van der Waals surface area contributed by atoms with Crippen molar-refractivity contribution in [3.63, 3.8) is 0 Å². The molecule has 0 bridgehead atoms. The first-order chi connectivity index (χ1) is 21.7. The van der Waals surface area contributed by atoms with Gasteiger partial charge in [0.05, 0.1) is 18.7 Å². The highest BCUT2D eigenvalue weighted by Gasteiger charge is 2.32. The Morgan fingerprint density at radius 1 is 1.04 bits per heavy atom. The molecule has 2 heterocycles. The van der Waals surface area contributed by atoms with Gasteiger partial charge in [0, 0.05) is 11.9 Å². The number of likely N-dealkylation sites (tertiary alicyclic amines) is 1. The van der Waals surface area contributed by atoms with Crippen molar-refractivity contribution in [1.82, 2.24) is 15.5 Å². The van der Waals surface area contributed by atoms with Crippen LogP contribution >= 0.6 is 0 Å².